The Morgan fingerprint density at radius 1 is 1.25 bits per heavy atom. The highest BCUT2D eigenvalue weighted by Crippen LogP contribution is 2.30. The smallest absolute Gasteiger partial charge is 0.336 e. The number of aromatic amines is 1. The molecule has 0 amide bonds. The maximum atomic E-state index is 11.9. The molecule has 7 heteroatoms. The highest BCUT2D eigenvalue weighted by atomic mass is 32.2. The van der Waals surface area contributed by atoms with Gasteiger partial charge in [0, 0.05) is 29.7 Å². The van der Waals surface area contributed by atoms with Crippen LogP contribution in [0.5, 0.6) is 5.75 Å². The molecule has 1 saturated carbocycles. The van der Waals surface area contributed by atoms with Gasteiger partial charge in [0.2, 0.25) is 5.16 Å². The number of fused-ring (bicyclic) bond motifs is 1. The SMILES string of the molecule is CCc1cc2c(CSc3n[nH]c(CCC4CCCC4)n3)cc(=O)oc2cc1O. The summed E-state index contributed by atoms with van der Waals surface area (Å²) in [6.07, 6.45) is 8.22. The fraction of sp³-hybridized carbons (Fsp3) is 0.476. The van der Waals surface area contributed by atoms with Gasteiger partial charge in [-0.1, -0.05) is 44.4 Å². The third-order valence-corrected chi connectivity index (χ3v) is 6.44. The van der Waals surface area contributed by atoms with Crippen LogP contribution in [0.15, 0.2) is 32.6 Å². The van der Waals surface area contributed by atoms with E-state index in [1.807, 2.05) is 13.0 Å². The van der Waals surface area contributed by atoms with Gasteiger partial charge in [0.15, 0.2) is 0 Å². The second-order valence-corrected chi connectivity index (χ2v) is 8.41. The molecular weight excluding hydrogens is 374 g/mol. The number of phenols is 1. The first-order valence-corrected chi connectivity index (χ1v) is 10.9. The predicted molar refractivity (Wildman–Crippen MR) is 110 cm³/mol. The van der Waals surface area contributed by atoms with Crippen LogP contribution in [0.2, 0.25) is 0 Å². The summed E-state index contributed by atoms with van der Waals surface area (Å²) in [5.41, 5.74) is 1.69. The highest BCUT2D eigenvalue weighted by molar-refractivity contribution is 7.98. The molecule has 2 aromatic heterocycles. The number of H-pyrrole nitrogens is 1. The number of nitrogens with one attached hydrogen (secondary N) is 1. The molecule has 0 aliphatic heterocycles. The van der Waals surface area contributed by atoms with Crippen LogP contribution in [0.25, 0.3) is 11.0 Å². The molecular formula is C21H25N3O3S. The summed E-state index contributed by atoms with van der Waals surface area (Å²) in [6, 6.07) is 4.94. The summed E-state index contributed by atoms with van der Waals surface area (Å²) in [5, 5.41) is 18.9. The average molecular weight is 400 g/mol. The normalized spacial score (nSPS) is 14.9. The van der Waals surface area contributed by atoms with Crippen molar-refractivity contribution in [1.82, 2.24) is 15.2 Å². The molecule has 148 valence electrons. The summed E-state index contributed by atoms with van der Waals surface area (Å²) in [7, 11) is 0. The Balaban J connectivity index is 1.47. The lowest BCUT2D eigenvalue weighted by atomic mass is 10.0. The fourth-order valence-electron chi connectivity index (χ4n) is 3.95. The van der Waals surface area contributed by atoms with Crippen molar-refractivity contribution >= 4 is 22.7 Å². The van der Waals surface area contributed by atoms with Crippen LogP contribution in [-0.2, 0) is 18.6 Å². The molecule has 0 bridgehead atoms. The standard InChI is InChI=1S/C21H25N3O3S/c1-2-14-9-16-15(10-20(26)27-18(16)11-17(14)25)12-28-21-22-19(23-24-21)8-7-13-5-3-4-6-13/h9-11,13,25H,2-8,12H2,1H3,(H,22,23,24). The van der Waals surface area contributed by atoms with Crippen molar-refractivity contribution in [3.8, 4) is 5.75 Å². The zero-order valence-corrected chi connectivity index (χ0v) is 16.8. The van der Waals surface area contributed by atoms with Crippen molar-refractivity contribution < 1.29 is 9.52 Å². The van der Waals surface area contributed by atoms with E-state index >= 15 is 0 Å². The zero-order chi connectivity index (χ0) is 19.5. The first-order valence-electron chi connectivity index (χ1n) is 9.95. The van der Waals surface area contributed by atoms with Crippen LogP contribution in [0.4, 0.5) is 0 Å². The topological polar surface area (TPSA) is 92.0 Å². The Morgan fingerprint density at radius 2 is 2.07 bits per heavy atom. The van der Waals surface area contributed by atoms with Crippen LogP contribution in [0.1, 0.15) is 56.0 Å². The lowest BCUT2D eigenvalue weighted by Crippen LogP contribution is -2.00. The summed E-state index contributed by atoms with van der Waals surface area (Å²) >= 11 is 1.50. The molecule has 0 radical (unpaired) electrons. The molecule has 2 N–H and O–H groups in total. The Bertz CT molecular complexity index is 1020. The number of aromatic nitrogens is 3. The first-order chi connectivity index (χ1) is 13.6. The average Bonchev–Trinajstić information content (AvgIpc) is 3.35. The summed E-state index contributed by atoms with van der Waals surface area (Å²) in [6.45, 7) is 1.98. The Labute approximate surface area is 167 Å². The van der Waals surface area contributed by atoms with Crippen molar-refractivity contribution in [3.63, 3.8) is 0 Å². The van der Waals surface area contributed by atoms with Gasteiger partial charge >= 0.3 is 5.63 Å². The Kier molecular flexibility index (Phi) is 5.71. The molecule has 0 spiro atoms. The van der Waals surface area contributed by atoms with Gasteiger partial charge in [0.1, 0.15) is 17.2 Å². The number of aryl methyl sites for hydroxylation is 2. The van der Waals surface area contributed by atoms with Crippen molar-refractivity contribution in [2.45, 2.75) is 62.8 Å². The number of aromatic hydroxyl groups is 1. The number of benzene rings is 1. The third-order valence-electron chi connectivity index (χ3n) is 5.54. The maximum absolute atomic E-state index is 11.9. The van der Waals surface area contributed by atoms with E-state index in [4.69, 9.17) is 4.42 Å². The minimum Gasteiger partial charge on any atom is -0.508 e. The minimum atomic E-state index is -0.418. The molecule has 28 heavy (non-hydrogen) atoms. The molecule has 3 aromatic rings. The number of phenolic OH excluding ortho intramolecular Hbond substituents is 1. The number of hydrogen-bond donors (Lipinski definition) is 2. The van der Waals surface area contributed by atoms with Gasteiger partial charge in [0.25, 0.3) is 0 Å². The van der Waals surface area contributed by atoms with E-state index in [1.54, 1.807) is 0 Å². The number of rotatable bonds is 7. The van der Waals surface area contributed by atoms with Crippen molar-refractivity contribution in [3.05, 3.63) is 45.6 Å². The molecule has 6 nitrogen and oxygen atoms in total. The van der Waals surface area contributed by atoms with Crippen LogP contribution >= 0.6 is 11.8 Å². The molecule has 4 rings (SSSR count). The minimum absolute atomic E-state index is 0.156. The Morgan fingerprint density at radius 3 is 2.86 bits per heavy atom. The van der Waals surface area contributed by atoms with E-state index in [0.717, 1.165) is 34.7 Å². The van der Waals surface area contributed by atoms with Crippen molar-refractivity contribution in [1.29, 1.82) is 0 Å². The van der Waals surface area contributed by atoms with Gasteiger partial charge in [0.05, 0.1) is 0 Å². The highest BCUT2D eigenvalue weighted by Gasteiger charge is 2.16. The lowest BCUT2D eigenvalue weighted by Gasteiger charge is -2.07. The van der Waals surface area contributed by atoms with E-state index in [1.165, 1.54) is 56.0 Å². The van der Waals surface area contributed by atoms with E-state index in [2.05, 4.69) is 15.2 Å². The molecule has 0 saturated heterocycles. The monoisotopic (exact) mass is 399 g/mol. The van der Waals surface area contributed by atoms with E-state index in [0.29, 0.717) is 22.9 Å². The van der Waals surface area contributed by atoms with Crippen LogP contribution in [0.3, 0.4) is 0 Å². The molecule has 1 aromatic carbocycles. The second kappa shape index (κ2) is 8.39. The van der Waals surface area contributed by atoms with Crippen LogP contribution in [-0.4, -0.2) is 20.3 Å². The van der Waals surface area contributed by atoms with Crippen molar-refractivity contribution in [2.75, 3.05) is 0 Å². The quantitative estimate of drug-likeness (QED) is 0.446. The molecule has 1 fully saturated rings. The van der Waals surface area contributed by atoms with Gasteiger partial charge < -0.3 is 9.52 Å². The maximum Gasteiger partial charge on any atom is 0.336 e. The molecule has 1 aliphatic carbocycles. The van der Waals surface area contributed by atoms with E-state index in [-0.39, 0.29) is 5.75 Å². The summed E-state index contributed by atoms with van der Waals surface area (Å²) < 4.78 is 5.26. The summed E-state index contributed by atoms with van der Waals surface area (Å²) in [4.78, 5) is 16.5. The van der Waals surface area contributed by atoms with Crippen LogP contribution in [0, 0.1) is 5.92 Å². The molecule has 0 unspecified atom stereocenters. The second-order valence-electron chi connectivity index (χ2n) is 7.46. The largest absolute Gasteiger partial charge is 0.508 e. The molecule has 0 atom stereocenters. The lowest BCUT2D eigenvalue weighted by molar-refractivity contribution is 0.466. The molecule has 2 heterocycles. The zero-order valence-electron chi connectivity index (χ0n) is 16.0. The number of thioether (sulfide) groups is 1. The summed E-state index contributed by atoms with van der Waals surface area (Å²) in [5.74, 6) is 2.49. The van der Waals surface area contributed by atoms with E-state index < -0.39 is 5.63 Å². The predicted octanol–water partition coefficient (Wildman–Crippen LogP) is 4.59. The van der Waals surface area contributed by atoms with Gasteiger partial charge in [-0.05, 0) is 36.0 Å². The number of nitrogens with zero attached hydrogens (tertiary/aromatic N) is 2. The van der Waals surface area contributed by atoms with Crippen LogP contribution < -0.4 is 5.63 Å². The first kappa shape index (κ1) is 19.1. The van der Waals surface area contributed by atoms with Gasteiger partial charge in [-0.25, -0.2) is 9.78 Å². The van der Waals surface area contributed by atoms with Gasteiger partial charge in [-0.3, -0.25) is 5.10 Å². The van der Waals surface area contributed by atoms with Gasteiger partial charge in [-0.15, -0.1) is 5.10 Å². The fourth-order valence-corrected chi connectivity index (χ4v) is 4.75. The van der Waals surface area contributed by atoms with Gasteiger partial charge in [-0.2, -0.15) is 0 Å². The number of hydrogen-bond acceptors (Lipinski definition) is 6. The van der Waals surface area contributed by atoms with Crippen molar-refractivity contribution in [2.24, 2.45) is 5.92 Å². The Hall–Kier alpha value is -2.28. The molecule has 1 aliphatic rings. The third kappa shape index (κ3) is 4.24. The van der Waals surface area contributed by atoms with E-state index in [9.17, 15) is 9.90 Å².